The minimum absolute atomic E-state index is 0.888. The number of furan rings is 1. The summed E-state index contributed by atoms with van der Waals surface area (Å²) in [7, 11) is 0. The van der Waals surface area contributed by atoms with Crippen LogP contribution in [0, 0.1) is 0 Å². The molecule has 0 atom stereocenters. The lowest BCUT2D eigenvalue weighted by Crippen LogP contribution is -2.10. The van der Waals surface area contributed by atoms with E-state index in [9.17, 15) is 0 Å². The van der Waals surface area contributed by atoms with Crippen LogP contribution in [0.25, 0.3) is 105 Å². The molecule has 13 aromatic rings. The Kier molecular flexibility index (Phi) is 9.17. The second kappa shape index (κ2) is 16.0. The number of aromatic nitrogens is 1. The van der Waals surface area contributed by atoms with E-state index < -0.39 is 0 Å². The van der Waals surface area contributed by atoms with Crippen molar-refractivity contribution < 1.29 is 4.42 Å². The number of rotatable bonds is 8. The van der Waals surface area contributed by atoms with Crippen molar-refractivity contribution in [3.05, 3.63) is 255 Å². The van der Waals surface area contributed by atoms with E-state index in [1.54, 1.807) is 0 Å². The molecule has 0 N–H and O–H groups in total. The van der Waals surface area contributed by atoms with Crippen LogP contribution in [0.4, 0.5) is 17.1 Å². The predicted molar refractivity (Wildman–Crippen MR) is 282 cm³/mol. The summed E-state index contributed by atoms with van der Waals surface area (Å²) in [4.78, 5) is 2.38. The van der Waals surface area contributed by atoms with Crippen molar-refractivity contribution in [2.75, 3.05) is 4.90 Å². The zero-order valence-electron chi connectivity index (χ0n) is 36.6. The molecular formula is C64H42N2O. The molecule has 0 aliphatic rings. The highest BCUT2D eigenvalue weighted by Gasteiger charge is 2.23. The molecule has 13 rings (SSSR count). The van der Waals surface area contributed by atoms with Gasteiger partial charge >= 0.3 is 0 Å². The van der Waals surface area contributed by atoms with Gasteiger partial charge in [0, 0.05) is 55.4 Å². The van der Waals surface area contributed by atoms with Crippen LogP contribution >= 0.6 is 0 Å². The first-order valence-electron chi connectivity index (χ1n) is 22.9. The predicted octanol–water partition coefficient (Wildman–Crippen LogP) is 18.0. The minimum Gasteiger partial charge on any atom is -0.455 e. The molecule has 0 unspecified atom stereocenters. The summed E-state index contributed by atoms with van der Waals surface area (Å²) in [6, 6.07) is 91.6. The number of nitrogens with zero attached hydrogens (tertiary/aromatic N) is 2. The van der Waals surface area contributed by atoms with Gasteiger partial charge in [-0.15, -0.1) is 0 Å². The van der Waals surface area contributed by atoms with Crippen LogP contribution in [0.5, 0.6) is 0 Å². The van der Waals surface area contributed by atoms with Gasteiger partial charge in [0.15, 0.2) is 0 Å². The molecule has 0 saturated carbocycles. The molecule has 0 fully saturated rings. The maximum atomic E-state index is 6.97. The maximum Gasteiger partial charge on any atom is 0.143 e. The van der Waals surface area contributed by atoms with Gasteiger partial charge in [0.25, 0.3) is 0 Å². The van der Waals surface area contributed by atoms with E-state index in [2.05, 4.69) is 264 Å². The molecule has 0 aliphatic heterocycles. The summed E-state index contributed by atoms with van der Waals surface area (Å²) >= 11 is 0. The first-order valence-corrected chi connectivity index (χ1v) is 22.9. The Morgan fingerprint density at radius 3 is 1.46 bits per heavy atom. The summed E-state index contributed by atoms with van der Waals surface area (Å²) in [6.45, 7) is 0. The van der Waals surface area contributed by atoms with E-state index >= 15 is 0 Å². The van der Waals surface area contributed by atoms with Crippen molar-refractivity contribution in [1.29, 1.82) is 0 Å². The van der Waals surface area contributed by atoms with Crippen molar-refractivity contribution in [2.24, 2.45) is 0 Å². The minimum atomic E-state index is 0.888. The van der Waals surface area contributed by atoms with Crippen LogP contribution in [-0.2, 0) is 0 Å². The van der Waals surface area contributed by atoms with Crippen molar-refractivity contribution in [2.45, 2.75) is 0 Å². The van der Waals surface area contributed by atoms with E-state index in [0.717, 1.165) is 72.7 Å². The topological polar surface area (TPSA) is 21.3 Å². The lowest BCUT2D eigenvalue weighted by Gasteiger charge is -2.26. The number of anilines is 3. The quantitative estimate of drug-likeness (QED) is 0.142. The first-order chi connectivity index (χ1) is 33.2. The second-order valence-corrected chi connectivity index (χ2v) is 17.2. The largest absolute Gasteiger partial charge is 0.455 e. The standard InChI is InChI=1S/C64H42N2O/c1-5-17-43(18-6-1)44-29-34-50(35-30-44)65(52-38-40-60-58(42-52)54-26-15-16-28-59(54)66(60)49-23-11-4-12-24-49)51-36-31-45(32-37-51)48-33-39-55-57(41-48)53-25-13-14-27-56(53)64-62(55)61(46-19-7-2-8-20-46)63(67-64)47-21-9-3-10-22-47/h1-42H. The average molecular weight is 855 g/mol. The number of para-hydroxylation sites is 2. The van der Waals surface area contributed by atoms with E-state index in [0.29, 0.717) is 0 Å². The molecule has 314 valence electrons. The summed E-state index contributed by atoms with van der Waals surface area (Å²) in [6.07, 6.45) is 0. The fourth-order valence-corrected chi connectivity index (χ4v) is 10.3. The highest BCUT2D eigenvalue weighted by Crippen LogP contribution is 2.48. The molecule has 2 aromatic heterocycles. The Hall–Kier alpha value is -8.92. The smallest absolute Gasteiger partial charge is 0.143 e. The zero-order chi connectivity index (χ0) is 44.3. The van der Waals surface area contributed by atoms with Crippen LogP contribution in [-0.4, -0.2) is 4.57 Å². The van der Waals surface area contributed by atoms with Gasteiger partial charge in [-0.1, -0.05) is 188 Å². The molecule has 11 aromatic carbocycles. The number of fused-ring (bicyclic) bond motifs is 9. The number of hydrogen-bond donors (Lipinski definition) is 0. The van der Waals surface area contributed by atoms with Gasteiger partial charge < -0.3 is 13.9 Å². The van der Waals surface area contributed by atoms with E-state index in [1.807, 2.05) is 0 Å². The van der Waals surface area contributed by atoms with Crippen LogP contribution in [0.2, 0.25) is 0 Å². The maximum absolute atomic E-state index is 6.97. The van der Waals surface area contributed by atoms with Gasteiger partial charge in [0.2, 0.25) is 0 Å². The molecule has 0 bridgehead atoms. The Labute approximate surface area is 388 Å². The van der Waals surface area contributed by atoms with Crippen molar-refractivity contribution in [3.63, 3.8) is 0 Å². The van der Waals surface area contributed by atoms with Gasteiger partial charge in [-0.05, 0) is 111 Å². The zero-order valence-corrected chi connectivity index (χ0v) is 36.6. The Morgan fingerprint density at radius 1 is 0.299 bits per heavy atom. The SMILES string of the molecule is c1ccc(-c2ccc(N(c3ccc(-c4ccc5c(c4)c4ccccc4c4oc(-c6ccccc6)c(-c6ccccc6)c54)cc3)c3ccc4c(c3)c3ccccc3n4-c3ccccc3)cc2)cc1. The Balaban J connectivity index is 0.957. The van der Waals surface area contributed by atoms with Crippen molar-refractivity contribution in [3.8, 4) is 50.4 Å². The Morgan fingerprint density at radius 2 is 0.791 bits per heavy atom. The second-order valence-electron chi connectivity index (χ2n) is 17.2. The van der Waals surface area contributed by atoms with Crippen molar-refractivity contribution >= 4 is 71.4 Å². The van der Waals surface area contributed by atoms with Crippen LogP contribution in [0.15, 0.2) is 259 Å². The van der Waals surface area contributed by atoms with Crippen LogP contribution in [0.1, 0.15) is 0 Å². The molecule has 2 heterocycles. The molecule has 0 radical (unpaired) electrons. The molecule has 0 amide bonds. The third-order valence-electron chi connectivity index (χ3n) is 13.4. The molecule has 67 heavy (non-hydrogen) atoms. The lowest BCUT2D eigenvalue weighted by molar-refractivity contribution is 0.636. The number of benzene rings is 11. The van der Waals surface area contributed by atoms with E-state index in [4.69, 9.17) is 4.42 Å². The third kappa shape index (κ3) is 6.51. The van der Waals surface area contributed by atoms with E-state index in [1.165, 1.54) is 49.1 Å². The molecule has 0 saturated heterocycles. The van der Waals surface area contributed by atoms with Gasteiger partial charge in [-0.3, -0.25) is 0 Å². The van der Waals surface area contributed by atoms with Gasteiger partial charge in [0.1, 0.15) is 11.3 Å². The van der Waals surface area contributed by atoms with Gasteiger partial charge in [-0.2, -0.15) is 0 Å². The molecule has 0 aliphatic carbocycles. The highest BCUT2D eigenvalue weighted by molar-refractivity contribution is 6.29. The highest BCUT2D eigenvalue weighted by atomic mass is 16.3. The fourth-order valence-electron chi connectivity index (χ4n) is 10.3. The Bertz CT molecular complexity index is 3930. The van der Waals surface area contributed by atoms with Crippen LogP contribution in [0.3, 0.4) is 0 Å². The summed E-state index contributed by atoms with van der Waals surface area (Å²) < 4.78 is 9.35. The van der Waals surface area contributed by atoms with Crippen LogP contribution < -0.4 is 4.90 Å². The van der Waals surface area contributed by atoms with Gasteiger partial charge in [-0.25, -0.2) is 0 Å². The molecule has 0 spiro atoms. The monoisotopic (exact) mass is 854 g/mol. The fraction of sp³-hybridized carbons (Fsp3) is 0. The lowest BCUT2D eigenvalue weighted by atomic mass is 9.91. The molecule has 3 heteroatoms. The third-order valence-corrected chi connectivity index (χ3v) is 13.4. The normalized spacial score (nSPS) is 11.6. The number of hydrogen-bond acceptors (Lipinski definition) is 2. The van der Waals surface area contributed by atoms with Gasteiger partial charge in [0.05, 0.1) is 11.0 Å². The summed E-state index contributed by atoms with van der Waals surface area (Å²) in [5.41, 5.74) is 15.7. The van der Waals surface area contributed by atoms with E-state index in [-0.39, 0.29) is 0 Å². The average Bonchev–Trinajstić information content (AvgIpc) is 3.97. The first kappa shape index (κ1) is 38.5. The summed E-state index contributed by atoms with van der Waals surface area (Å²) in [5.74, 6) is 0.888. The molecular weight excluding hydrogens is 813 g/mol. The van der Waals surface area contributed by atoms with Crippen molar-refractivity contribution in [1.82, 2.24) is 4.57 Å². The molecule has 3 nitrogen and oxygen atoms in total. The summed E-state index contributed by atoms with van der Waals surface area (Å²) in [5, 5.41) is 8.22.